The van der Waals surface area contributed by atoms with Crippen molar-refractivity contribution in [2.75, 3.05) is 49.6 Å². The second kappa shape index (κ2) is 7.45. The smallest absolute Gasteiger partial charge is 0.240 e. The minimum atomic E-state index is -0.189. The Labute approximate surface area is 142 Å². The molecule has 3 rings (SSSR count). The number of rotatable bonds is 4. The van der Waals surface area contributed by atoms with E-state index in [1.807, 2.05) is 41.3 Å². The van der Waals surface area contributed by atoms with Crippen molar-refractivity contribution < 1.29 is 9.18 Å². The number of carbonyl (C=O) groups is 1. The number of carbonyl (C=O) groups excluding carboxylic acids is 1. The molecule has 1 saturated heterocycles. The predicted octanol–water partition coefficient (Wildman–Crippen LogP) is 2.61. The van der Waals surface area contributed by atoms with Crippen LogP contribution in [0.2, 0.25) is 0 Å². The molecule has 2 aromatic carbocycles. The van der Waals surface area contributed by atoms with Crippen LogP contribution >= 0.6 is 0 Å². The lowest BCUT2D eigenvalue weighted by atomic mass is 10.2. The van der Waals surface area contributed by atoms with Crippen molar-refractivity contribution in [3.63, 3.8) is 0 Å². The highest BCUT2D eigenvalue weighted by Gasteiger charge is 2.22. The zero-order valence-corrected chi connectivity index (χ0v) is 13.9. The molecule has 5 heteroatoms. The average Bonchev–Trinajstić information content (AvgIpc) is 2.63. The SMILES string of the molecule is CN(C(=O)CN1CCN(c2ccccc2F)CC1)c1ccccc1. The number of benzene rings is 2. The van der Waals surface area contributed by atoms with Crippen LogP contribution in [0.25, 0.3) is 0 Å². The Kier molecular flexibility index (Phi) is 5.11. The van der Waals surface area contributed by atoms with Crippen LogP contribution in [0.15, 0.2) is 54.6 Å². The van der Waals surface area contributed by atoms with E-state index in [0.717, 1.165) is 31.9 Å². The molecule has 1 aliphatic heterocycles. The van der Waals surface area contributed by atoms with Gasteiger partial charge in [-0.15, -0.1) is 0 Å². The fourth-order valence-corrected chi connectivity index (χ4v) is 2.95. The summed E-state index contributed by atoms with van der Waals surface area (Å²) in [6, 6.07) is 16.5. The number of para-hydroxylation sites is 2. The molecule has 0 saturated carbocycles. The molecular formula is C19H22FN3O. The van der Waals surface area contributed by atoms with Crippen LogP contribution in [-0.4, -0.2) is 50.6 Å². The summed E-state index contributed by atoms with van der Waals surface area (Å²) in [6.07, 6.45) is 0. The molecule has 4 nitrogen and oxygen atoms in total. The molecule has 0 unspecified atom stereocenters. The first-order chi connectivity index (χ1) is 11.6. The number of amides is 1. The Morgan fingerprint density at radius 3 is 2.29 bits per heavy atom. The standard InChI is InChI=1S/C19H22FN3O/c1-21(16-7-3-2-4-8-16)19(24)15-22-11-13-23(14-12-22)18-10-6-5-9-17(18)20/h2-10H,11-15H2,1H3. The van der Waals surface area contributed by atoms with Gasteiger partial charge in [0, 0.05) is 38.9 Å². The Morgan fingerprint density at radius 2 is 1.62 bits per heavy atom. The van der Waals surface area contributed by atoms with Gasteiger partial charge in [0.1, 0.15) is 5.82 Å². The van der Waals surface area contributed by atoms with Gasteiger partial charge in [0.25, 0.3) is 0 Å². The Hall–Kier alpha value is -2.40. The van der Waals surface area contributed by atoms with Crippen LogP contribution in [0, 0.1) is 5.82 Å². The highest BCUT2D eigenvalue weighted by Crippen LogP contribution is 2.20. The average molecular weight is 327 g/mol. The number of nitrogens with zero attached hydrogens (tertiary/aromatic N) is 3. The fraction of sp³-hybridized carbons (Fsp3) is 0.316. The van der Waals surface area contributed by atoms with Gasteiger partial charge in [-0.05, 0) is 24.3 Å². The first-order valence-electron chi connectivity index (χ1n) is 8.18. The summed E-state index contributed by atoms with van der Waals surface area (Å²) in [4.78, 5) is 18.3. The largest absolute Gasteiger partial charge is 0.367 e. The molecule has 0 N–H and O–H groups in total. The third kappa shape index (κ3) is 3.74. The van der Waals surface area contributed by atoms with Gasteiger partial charge < -0.3 is 9.80 Å². The molecule has 0 spiro atoms. The van der Waals surface area contributed by atoms with Crippen molar-refractivity contribution in [1.29, 1.82) is 0 Å². The normalized spacial score (nSPS) is 15.3. The van der Waals surface area contributed by atoms with Gasteiger partial charge in [-0.25, -0.2) is 4.39 Å². The highest BCUT2D eigenvalue weighted by atomic mass is 19.1. The fourth-order valence-electron chi connectivity index (χ4n) is 2.95. The first-order valence-corrected chi connectivity index (χ1v) is 8.18. The zero-order valence-electron chi connectivity index (χ0n) is 13.9. The van der Waals surface area contributed by atoms with Crippen molar-refractivity contribution in [1.82, 2.24) is 4.90 Å². The van der Waals surface area contributed by atoms with Gasteiger partial charge in [0.2, 0.25) is 5.91 Å². The van der Waals surface area contributed by atoms with Crippen LogP contribution in [0.4, 0.5) is 15.8 Å². The molecule has 0 bridgehead atoms. The van der Waals surface area contributed by atoms with E-state index >= 15 is 0 Å². The molecule has 1 fully saturated rings. The molecule has 126 valence electrons. The van der Waals surface area contributed by atoms with E-state index in [9.17, 15) is 9.18 Å². The van der Waals surface area contributed by atoms with Crippen molar-refractivity contribution >= 4 is 17.3 Å². The lowest BCUT2D eigenvalue weighted by Crippen LogP contribution is -2.50. The third-order valence-electron chi connectivity index (χ3n) is 4.44. The Bertz CT molecular complexity index is 684. The van der Waals surface area contributed by atoms with Crippen molar-refractivity contribution in [3.8, 4) is 0 Å². The molecule has 1 aliphatic rings. The quantitative estimate of drug-likeness (QED) is 0.864. The number of anilines is 2. The number of hydrogen-bond acceptors (Lipinski definition) is 3. The maximum absolute atomic E-state index is 13.9. The first kappa shape index (κ1) is 16.5. The molecule has 0 radical (unpaired) electrons. The van der Waals surface area contributed by atoms with Gasteiger partial charge in [0.15, 0.2) is 0 Å². The van der Waals surface area contributed by atoms with Crippen LogP contribution < -0.4 is 9.80 Å². The molecule has 0 aliphatic carbocycles. The maximum atomic E-state index is 13.9. The summed E-state index contributed by atoms with van der Waals surface area (Å²) >= 11 is 0. The van der Waals surface area contributed by atoms with E-state index in [1.54, 1.807) is 24.1 Å². The van der Waals surface area contributed by atoms with Crippen LogP contribution in [-0.2, 0) is 4.79 Å². The zero-order chi connectivity index (χ0) is 16.9. The monoisotopic (exact) mass is 327 g/mol. The van der Waals surface area contributed by atoms with Crippen LogP contribution in [0.1, 0.15) is 0 Å². The van der Waals surface area contributed by atoms with Gasteiger partial charge >= 0.3 is 0 Å². The molecule has 24 heavy (non-hydrogen) atoms. The van der Waals surface area contributed by atoms with Crippen molar-refractivity contribution in [2.24, 2.45) is 0 Å². The summed E-state index contributed by atoms with van der Waals surface area (Å²) < 4.78 is 13.9. The van der Waals surface area contributed by atoms with Crippen LogP contribution in [0.5, 0.6) is 0 Å². The Balaban J connectivity index is 1.54. The minimum absolute atomic E-state index is 0.0699. The summed E-state index contributed by atoms with van der Waals surface area (Å²) in [5.41, 5.74) is 1.54. The van der Waals surface area contributed by atoms with Gasteiger partial charge in [0.05, 0.1) is 12.2 Å². The second-order valence-corrected chi connectivity index (χ2v) is 6.00. The van der Waals surface area contributed by atoms with Crippen molar-refractivity contribution in [2.45, 2.75) is 0 Å². The third-order valence-corrected chi connectivity index (χ3v) is 4.44. The number of likely N-dealkylation sites (N-methyl/N-ethyl adjacent to an activating group) is 1. The lowest BCUT2D eigenvalue weighted by molar-refractivity contribution is -0.119. The van der Waals surface area contributed by atoms with Crippen LogP contribution in [0.3, 0.4) is 0 Å². The summed E-state index contributed by atoms with van der Waals surface area (Å²) in [5, 5.41) is 0. The van der Waals surface area contributed by atoms with E-state index < -0.39 is 0 Å². The topological polar surface area (TPSA) is 26.8 Å². The van der Waals surface area contributed by atoms with E-state index in [-0.39, 0.29) is 11.7 Å². The summed E-state index contributed by atoms with van der Waals surface area (Å²) in [7, 11) is 1.80. The minimum Gasteiger partial charge on any atom is -0.367 e. The van der Waals surface area contributed by atoms with Gasteiger partial charge in [-0.2, -0.15) is 0 Å². The highest BCUT2D eigenvalue weighted by molar-refractivity contribution is 5.94. The predicted molar refractivity (Wildman–Crippen MR) is 94.9 cm³/mol. The van der Waals surface area contributed by atoms with Gasteiger partial charge in [-0.1, -0.05) is 30.3 Å². The Morgan fingerprint density at radius 1 is 1.00 bits per heavy atom. The van der Waals surface area contributed by atoms with Gasteiger partial charge in [-0.3, -0.25) is 9.69 Å². The van der Waals surface area contributed by atoms with E-state index in [2.05, 4.69) is 4.90 Å². The molecule has 2 aromatic rings. The second-order valence-electron chi connectivity index (χ2n) is 6.00. The van der Waals surface area contributed by atoms with E-state index in [1.165, 1.54) is 6.07 Å². The number of piperazine rings is 1. The number of hydrogen-bond donors (Lipinski definition) is 0. The molecule has 1 amide bonds. The van der Waals surface area contributed by atoms with E-state index in [4.69, 9.17) is 0 Å². The molecule has 0 aromatic heterocycles. The molecule has 0 atom stereocenters. The summed E-state index contributed by atoms with van der Waals surface area (Å²) in [5.74, 6) is -0.119. The summed E-state index contributed by atoms with van der Waals surface area (Å²) in [6.45, 7) is 3.34. The van der Waals surface area contributed by atoms with Crippen molar-refractivity contribution in [3.05, 3.63) is 60.4 Å². The van der Waals surface area contributed by atoms with E-state index in [0.29, 0.717) is 12.2 Å². The number of halogens is 1. The molecule has 1 heterocycles. The molecular weight excluding hydrogens is 305 g/mol. The maximum Gasteiger partial charge on any atom is 0.240 e. The lowest BCUT2D eigenvalue weighted by Gasteiger charge is -2.36.